The Morgan fingerprint density at radius 3 is 2.48 bits per heavy atom. The molecule has 8 heteroatoms. The maximum absolute atomic E-state index is 12.5. The van der Waals surface area contributed by atoms with E-state index >= 15 is 0 Å². The van der Waals surface area contributed by atoms with Crippen molar-refractivity contribution < 1.29 is 29.3 Å². The second-order valence-electron chi connectivity index (χ2n) is 5.89. The van der Waals surface area contributed by atoms with Gasteiger partial charge in [-0.1, -0.05) is 17.7 Å². The second-order valence-corrected chi connectivity index (χ2v) is 6.83. The molecule has 1 aliphatic rings. The van der Waals surface area contributed by atoms with E-state index in [4.69, 9.17) is 9.47 Å². The summed E-state index contributed by atoms with van der Waals surface area (Å²) in [5, 5.41) is 22.6. The van der Waals surface area contributed by atoms with Gasteiger partial charge in [0.05, 0.1) is 12.6 Å². The Morgan fingerprint density at radius 1 is 1.32 bits per heavy atom. The molecule has 1 fully saturated rings. The summed E-state index contributed by atoms with van der Waals surface area (Å²) in [6, 6.07) is 6.06. The van der Waals surface area contributed by atoms with Gasteiger partial charge < -0.3 is 25.0 Å². The number of aliphatic hydroxyl groups is 2. The molecule has 0 unspecified atom stereocenters. The lowest BCUT2D eigenvalue weighted by Crippen LogP contribution is -2.64. The van der Waals surface area contributed by atoms with Crippen LogP contribution in [0.3, 0.4) is 0 Å². The van der Waals surface area contributed by atoms with Crippen LogP contribution in [0.25, 0.3) is 0 Å². The minimum absolute atomic E-state index is 0.403. The van der Waals surface area contributed by atoms with E-state index in [0.717, 1.165) is 5.56 Å². The van der Waals surface area contributed by atoms with E-state index in [-0.39, 0.29) is 0 Å². The topological polar surface area (TPSA) is 105 Å². The standard InChI is InChI=1S/C17H23NO6S/c1-9-4-6-11(7-5-9)16(22)18-13-14(21)12(8-19)24-17(25-3)15(13)23-10(2)20/h4-7,12-15,17,19,21H,8H2,1-3H3,(H,18,22)/t12-,13+,14+,15-,17+/m1/s1. The fourth-order valence-corrected chi connectivity index (χ4v) is 3.44. The van der Waals surface area contributed by atoms with E-state index in [1.54, 1.807) is 30.5 Å². The predicted molar refractivity (Wildman–Crippen MR) is 93.3 cm³/mol. The third kappa shape index (κ3) is 4.72. The lowest BCUT2D eigenvalue weighted by atomic mass is 9.96. The number of nitrogens with one attached hydrogen (secondary N) is 1. The SMILES string of the molecule is CS[C@@H]1O[C@H](CO)[C@H](O)[C@H](NC(=O)c2ccc(C)cc2)[C@H]1OC(C)=O. The van der Waals surface area contributed by atoms with Crippen LogP contribution in [0.4, 0.5) is 0 Å². The molecule has 138 valence electrons. The van der Waals surface area contributed by atoms with Crippen molar-refractivity contribution in [3.8, 4) is 0 Å². The summed E-state index contributed by atoms with van der Waals surface area (Å²) in [4.78, 5) is 24.0. The normalized spacial score (nSPS) is 29.1. The molecule has 1 saturated heterocycles. The maximum atomic E-state index is 12.5. The van der Waals surface area contributed by atoms with Gasteiger partial charge in [0, 0.05) is 12.5 Å². The number of hydrogen-bond acceptors (Lipinski definition) is 7. The van der Waals surface area contributed by atoms with Gasteiger partial charge >= 0.3 is 5.97 Å². The number of rotatable bonds is 5. The first-order valence-electron chi connectivity index (χ1n) is 7.89. The van der Waals surface area contributed by atoms with Crippen LogP contribution < -0.4 is 5.32 Å². The molecule has 0 spiro atoms. The van der Waals surface area contributed by atoms with Crippen molar-refractivity contribution in [1.29, 1.82) is 0 Å². The molecule has 1 aromatic rings. The van der Waals surface area contributed by atoms with Crippen molar-refractivity contribution in [3.63, 3.8) is 0 Å². The zero-order valence-electron chi connectivity index (χ0n) is 14.3. The van der Waals surface area contributed by atoms with Crippen LogP contribution in [0.2, 0.25) is 0 Å². The summed E-state index contributed by atoms with van der Waals surface area (Å²) < 4.78 is 10.9. The molecule has 1 heterocycles. The average Bonchev–Trinajstić information content (AvgIpc) is 2.58. The Morgan fingerprint density at radius 2 is 1.96 bits per heavy atom. The monoisotopic (exact) mass is 369 g/mol. The molecule has 25 heavy (non-hydrogen) atoms. The van der Waals surface area contributed by atoms with Crippen LogP contribution in [-0.4, -0.2) is 64.7 Å². The average molecular weight is 369 g/mol. The summed E-state index contributed by atoms with van der Waals surface area (Å²) >= 11 is 1.27. The van der Waals surface area contributed by atoms with E-state index in [9.17, 15) is 19.8 Å². The highest BCUT2D eigenvalue weighted by atomic mass is 32.2. The fourth-order valence-electron chi connectivity index (χ4n) is 2.69. The summed E-state index contributed by atoms with van der Waals surface area (Å²) in [7, 11) is 0. The first-order valence-corrected chi connectivity index (χ1v) is 9.18. The first kappa shape index (κ1) is 19.7. The van der Waals surface area contributed by atoms with Crippen molar-refractivity contribution >= 4 is 23.6 Å². The van der Waals surface area contributed by atoms with Gasteiger partial charge in [-0.05, 0) is 25.3 Å². The summed E-state index contributed by atoms with van der Waals surface area (Å²) in [5.74, 6) is -0.948. The van der Waals surface area contributed by atoms with E-state index < -0.39 is 48.3 Å². The number of aryl methyl sites for hydroxylation is 1. The van der Waals surface area contributed by atoms with Gasteiger partial charge in [0.25, 0.3) is 5.91 Å². The lowest BCUT2D eigenvalue weighted by Gasteiger charge is -2.43. The van der Waals surface area contributed by atoms with Gasteiger partial charge in [0.15, 0.2) is 6.10 Å². The van der Waals surface area contributed by atoms with Crippen LogP contribution >= 0.6 is 11.8 Å². The number of carbonyl (C=O) groups is 2. The smallest absolute Gasteiger partial charge is 0.303 e. The maximum Gasteiger partial charge on any atom is 0.303 e. The van der Waals surface area contributed by atoms with Crippen molar-refractivity contribution in [2.75, 3.05) is 12.9 Å². The Bertz CT molecular complexity index is 608. The second kappa shape index (κ2) is 8.66. The molecule has 2 rings (SSSR count). The Balaban J connectivity index is 2.25. The number of carbonyl (C=O) groups excluding carboxylic acids is 2. The largest absolute Gasteiger partial charge is 0.457 e. The molecule has 0 aliphatic carbocycles. The predicted octanol–water partition coefficient (Wildman–Crippen LogP) is 0.466. The van der Waals surface area contributed by atoms with Crippen LogP contribution in [0.15, 0.2) is 24.3 Å². The zero-order chi connectivity index (χ0) is 18.6. The van der Waals surface area contributed by atoms with Crippen LogP contribution in [0, 0.1) is 6.92 Å². The molecule has 1 aliphatic heterocycles. The number of ether oxygens (including phenoxy) is 2. The summed E-state index contributed by atoms with van der Waals surface area (Å²) in [6.07, 6.45) is -1.22. The lowest BCUT2D eigenvalue weighted by molar-refractivity contribution is -0.187. The van der Waals surface area contributed by atoms with Gasteiger partial charge in [-0.3, -0.25) is 9.59 Å². The number of hydrogen-bond donors (Lipinski definition) is 3. The van der Waals surface area contributed by atoms with E-state index in [1.807, 2.05) is 6.92 Å². The molecular weight excluding hydrogens is 346 g/mol. The minimum atomic E-state index is -1.22. The summed E-state index contributed by atoms with van der Waals surface area (Å²) in [6.45, 7) is 2.75. The molecule has 1 aromatic carbocycles. The molecule has 5 atom stereocenters. The van der Waals surface area contributed by atoms with Crippen LogP contribution in [0.1, 0.15) is 22.8 Å². The summed E-state index contributed by atoms with van der Waals surface area (Å²) in [5.41, 5.74) is 0.822. The van der Waals surface area contributed by atoms with Crippen LogP contribution in [0.5, 0.6) is 0 Å². The molecule has 0 bridgehead atoms. The quantitative estimate of drug-likeness (QED) is 0.648. The van der Waals surface area contributed by atoms with Crippen molar-refractivity contribution in [2.24, 2.45) is 0 Å². The third-order valence-corrected chi connectivity index (χ3v) is 4.85. The van der Waals surface area contributed by atoms with Crippen molar-refractivity contribution in [2.45, 2.75) is 43.6 Å². The van der Waals surface area contributed by atoms with E-state index in [2.05, 4.69) is 5.32 Å². The van der Waals surface area contributed by atoms with Gasteiger partial charge in [-0.15, -0.1) is 11.8 Å². The molecular formula is C17H23NO6S. The van der Waals surface area contributed by atoms with Gasteiger partial charge in [-0.2, -0.15) is 0 Å². The van der Waals surface area contributed by atoms with Gasteiger partial charge in [0.2, 0.25) is 0 Å². The zero-order valence-corrected chi connectivity index (χ0v) is 15.2. The Hall–Kier alpha value is -1.61. The Kier molecular flexibility index (Phi) is 6.83. The fraction of sp³-hybridized carbons (Fsp3) is 0.529. The number of thioether (sulfide) groups is 1. The van der Waals surface area contributed by atoms with E-state index in [0.29, 0.717) is 5.56 Å². The van der Waals surface area contributed by atoms with Crippen molar-refractivity contribution in [1.82, 2.24) is 5.32 Å². The highest BCUT2D eigenvalue weighted by Gasteiger charge is 2.47. The Labute approximate surface area is 150 Å². The molecule has 1 amide bonds. The highest BCUT2D eigenvalue weighted by molar-refractivity contribution is 7.99. The van der Waals surface area contributed by atoms with Crippen LogP contribution in [-0.2, 0) is 14.3 Å². The molecule has 0 saturated carbocycles. The minimum Gasteiger partial charge on any atom is -0.457 e. The number of amides is 1. The molecule has 3 N–H and O–H groups in total. The molecule has 0 radical (unpaired) electrons. The highest BCUT2D eigenvalue weighted by Crippen LogP contribution is 2.29. The third-order valence-electron chi connectivity index (χ3n) is 4.01. The number of esters is 1. The molecule has 0 aromatic heterocycles. The number of benzene rings is 1. The van der Waals surface area contributed by atoms with Crippen molar-refractivity contribution in [3.05, 3.63) is 35.4 Å². The first-order chi connectivity index (χ1) is 11.9. The van der Waals surface area contributed by atoms with Gasteiger partial charge in [0.1, 0.15) is 17.6 Å². The van der Waals surface area contributed by atoms with E-state index in [1.165, 1.54) is 18.7 Å². The molecule has 7 nitrogen and oxygen atoms in total. The van der Waals surface area contributed by atoms with Gasteiger partial charge in [-0.25, -0.2) is 0 Å². The number of aliphatic hydroxyl groups excluding tert-OH is 2.